The molecule has 2 atom stereocenters. The summed E-state index contributed by atoms with van der Waals surface area (Å²) in [6.07, 6.45) is -3.25. The number of piperidine rings is 1. The molecule has 1 aromatic rings. The molecule has 1 aromatic carbocycles. The van der Waals surface area contributed by atoms with Crippen molar-refractivity contribution in [2.75, 3.05) is 19.6 Å². The number of carboxylic acids is 1. The van der Waals surface area contributed by atoms with Gasteiger partial charge in [-0.15, -0.1) is 0 Å². The zero-order chi connectivity index (χ0) is 18.4. The van der Waals surface area contributed by atoms with E-state index in [2.05, 4.69) is 5.32 Å². The van der Waals surface area contributed by atoms with Crippen LogP contribution in [0.3, 0.4) is 0 Å². The molecule has 1 aliphatic rings. The van der Waals surface area contributed by atoms with E-state index >= 15 is 0 Å². The van der Waals surface area contributed by atoms with Crippen molar-refractivity contribution in [1.29, 1.82) is 0 Å². The Bertz CT molecular complexity index is 593. The van der Waals surface area contributed by atoms with Crippen molar-refractivity contribution in [3.05, 3.63) is 35.9 Å². The summed E-state index contributed by atoms with van der Waals surface area (Å²) in [4.78, 5) is 24.9. The normalized spacial score (nSPS) is 20.0. The van der Waals surface area contributed by atoms with Crippen LogP contribution in [0.4, 0.5) is 13.2 Å². The molecule has 0 spiro atoms. The molecule has 5 nitrogen and oxygen atoms in total. The first kappa shape index (κ1) is 19.2. The molecule has 1 aliphatic heterocycles. The molecule has 1 fully saturated rings. The monoisotopic (exact) mass is 358 g/mol. The molecule has 1 amide bonds. The van der Waals surface area contributed by atoms with Crippen LogP contribution in [0.15, 0.2) is 30.3 Å². The zero-order valence-electron chi connectivity index (χ0n) is 13.6. The molecule has 0 aliphatic carbocycles. The van der Waals surface area contributed by atoms with Crippen LogP contribution in [0.1, 0.15) is 18.4 Å². The van der Waals surface area contributed by atoms with Gasteiger partial charge in [-0.05, 0) is 24.9 Å². The van der Waals surface area contributed by atoms with Crippen LogP contribution in [0.2, 0.25) is 0 Å². The Balaban J connectivity index is 1.94. The van der Waals surface area contributed by atoms with Crippen LogP contribution in [-0.4, -0.2) is 53.7 Å². The van der Waals surface area contributed by atoms with Gasteiger partial charge in [0.05, 0.1) is 12.5 Å². The Kier molecular flexibility index (Phi) is 6.41. The SMILES string of the molecule is O=C(N[C@H](Cc1ccccc1)C(=O)O)C1CCCN(CC(F)(F)F)C1. The first-order chi connectivity index (χ1) is 11.7. The van der Waals surface area contributed by atoms with Gasteiger partial charge >= 0.3 is 12.1 Å². The molecule has 2 rings (SSSR count). The lowest BCUT2D eigenvalue weighted by atomic mass is 9.96. The lowest BCUT2D eigenvalue weighted by Gasteiger charge is -2.32. The summed E-state index contributed by atoms with van der Waals surface area (Å²) in [7, 11) is 0. The zero-order valence-corrected chi connectivity index (χ0v) is 13.6. The van der Waals surface area contributed by atoms with E-state index < -0.39 is 36.6 Å². The second-order valence-corrected chi connectivity index (χ2v) is 6.28. The van der Waals surface area contributed by atoms with Crippen LogP contribution in [0.5, 0.6) is 0 Å². The summed E-state index contributed by atoms with van der Waals surface area (Å²) >= 11 is 0. The van der Waals surface area contributed by atoms with E-state index in [1.807, 2.05) is 0 Å². The number of likely N-dealkylation sites (tertiary alicyclic amines) is 1. The number of carboxylic acid groups (broad SMARTS) is 1. The van der Waals surface area contributed by atoms with Crippen molar-refractivity contribution in [1.82, 2.24) is 10.2 Å². The van der Waals surface area contributed by atoms with Crippen LogP contribution in [-0.2, 0) is 16.0 Å². The summed E-state index contributed by atoms with van der Waals surface area (Å²) in [5.41, 5.74) is 0.762. The standard InChI is InChI=1S/C17H21F3N2O3/c18-17(19,20)11-22-8-4-7-13(10-22)15(23)21-14(16(24)25)9-12-5-2-1-3-6-12/h1-3,5-6,13-14H,4,7-11H2,(H,21,23)(H,24,25)/t13?,14-/m1/s1. The van der Waals surface area contributed by atoms with Gasteiger partial charge in [-0.25, -0.2) is 4.79 Å². The van der Waals surface area contributed by atoms with Gasteiger partial charge in [0.2, 0.25) is 5.91 Å². The van der Waals surface area contributed by atoms with Crippen molar-refractivity contribution in [3.63, 3.8) is 0 Å². The van der Waals surface area contributed by atoms with E-state index in [1.54, 1.807) is 30.3 Å². The lowest BCUT2D eigenvalue weighted by molar-refractivity contribution is -0.152. The minimum atomic E-state index is -4.31. The molecule has 2 N–H and O–H groups in total. The third kappa shape index (κ3) is 6.38. The number of carbonyl (C=O) groups excluding carboxylic acids is 1. The maximum absolute atomic E-state index is 12.5. The predicted octanol–water partition coefficient (Wildman–Crippen LogP) is 2.07. The molecular formula is C17H21F3N2O3. The number of carbonyl (C=O) groups is 2. The Morgan fingerprint density at radius 3 is 2.56 bits per heavy atom. The van der Waals surface area contributed by atoms with Crippen molar-refractivity contribution < 1.29 is 27.9 Å². The number of aliphatic carboxylic acids is 1. The molecule has 1 unspecified atom stereocenters. The van der Waals surface area contributed by atoms with Gasteiger partial charge in [-0.1, -0.05) is 30.3 Å². The smallest absolute Gasteiger partial charge is 0.401 e. The summed E-state index contributed by atoms with van der Waals surface area (Å²) in [6, 6.07) is 7.75. The number of hydrogen-bond donors (Lipinski definition) is 2. The van der Waals surface area contributed by atoms with Gasteiger partial charge in [0.1, 0.15) is 6.04 Å². The van der Waals surface area contributed by atoms with E-state index in [1.165, 1.54) is 4.90 Å². The van der Waals surface area contributed by atoms with Gasteiger partial charge in [-0.3, -0.25) is 9.69 Å². The number of rotatable bonds is 6. The second kappa shape index (κ2) is 8.33. The maximum Gasteiger partial charge on any atom is 0.401 e. The largest absolute Gasteiger partial charge is 0.480 e. The fourth-order valence-electron chi connectivity index (χ4n) is 3.01. The number of hydrogen-bond acceptors (Lipinski definition) is 3. The minimum Gasteiger partial charge on any atom is -0.480 e. The summed E-state index contributed by atoms with van der Waals surface area (Å²) in [6.45, 7) is -0.776. The molecule has 0 bridgehead atoms. The first-order valence-electron chi connectivity index (χ1n) is 8.11. The van der Waals surface area contributed by atoms with Crippen molar-refractivity contribution in [3.8, 4) is 0 Å². The van der Waals surface area contributed by atoms with E-state index in [-0.39, 0.29) is 19.5 Å². The minimum absolute atomic E-state index is 0.0109. The molecule has 1 heterocycles. The van der Waals surface area contributed by atoms with Crippen molar-refractivity contribution in [2.45, 2.75) is 31.5 Å². The van der Waals surface area contributed by atoms with Gasteiger partial charge in [-0.2, -0.15) is 13.2 Å². The Labute approximate surface area is 143 Å². The molecule has 1 saturated heterocycles. The average molecular weight is 358 g/mol. The third-order valence-corrected chi connectivity index (χ3v) is 4.18. The highest BCUT2D eigenvalue weighted by atomic mass is 19.4. The van der Waals surface area contributed by atoms with Crippen LogP contribution in [0.25, 0.3) is 0 Å². The van der Waals surface area contributed by atoms with E-state index in [9.17, 15) is 27.9 Å². The Hall–Kier alpha value is -2.09. The van der Waals surface area contributed by atoms with Gasteiger partial charge in [0.15, 0.2) is 0 Å². The van der Waals surface area contributed by atoms with Crippen LogP contribution < -0.4 is 5.32 Å². The summed E-state index contributed by atoms with van der Waals surface area (Å²) in [5.74, 6) is -2.30. The van der Waals surface area contributed by atoms with Gasteiger partial charge in [0.25, 0.3) is 0 Å². The van der Waals surface area contributed by atoms with Crippen molar-refractivity contribution >= 4 is 11.9 Å². The first-order valence-corrected chi connectivity index (χ1v) is 8.11. The Morgan fingerprint density at radius 2 is 1.96 bits per heavy atom. The third-order valence-electron chi connectivity index (χ3n) is 4.18. The highest BCUT2D eigenvalue weighted by Crippen LogP contribution is 2.22. The molecule has 0 saturated carbocycles. The molecule has 138 valence electrons. The molecule has 25 heavy (non-hydrogen) atoms. The number of nitrogens with one attached hydrogen (secondary N) is 1. The summed E-state index contributed by atoms with van der Waals surface area (Å²) < 4.78 is 37.5. The fraction of sp³-hybridized carbons (Fsp3) is 0.529. The maximum atomic E-state index is 12.5. The average Bonchev–Trinajstić information content (AvgIpc) is 2.53. The topological polar surface area (TPSA) is 69.6 Å². The van der Waals surface area contributed by atoms with E-state index in [0.29, 0.717) is 12.8 Å². The highest BCUT2D eigenvalue weighted by molar-refractivity contribution is 5.85. The van der Waals surface area contributed by atoms with Gasteiger partial charge < -0.3 is 10.4 Å². The summed E-state index contributed by atoms with van der Waals surface area (Å²) in [5, 5.41) is 11.8. The van der Waals surface area contributed by atoms with Crippen molar-refractivity contribution in [2.24, 2.45) is 5.92 Å². The number of alkyl halides is 3. The number of nitrogens with zero attached hydrogens (tertiary/aromatic N) is 1. The number of halogens is 3. The highest BCUT2D eigenvalue weighted by Gasteiger charge is 2.35. The van der Waals surface area contributed by atoms with E-state index in [0.717, 1.165) is 5.56 Å². The quantitative estimate of drug-likeness (QED) is 0.817. The van der Waals surface area contributed by atoms with E-state index in [4.69, 9.17) is 0 Å². The number of benzene rings is 1. The van der Waals surface area contributed by atoms with Gasteiger partial charge in [0, 0.05) is 13.0 Å². The lowest BCUT2D eigenvalue weighted by Crippen LogP contribution is -2.50. The molecule has 8 heteroatoms. The number of amides is 1. The predicted molar refractivity (Wildman–Crippen MR) is 84.9 cm³/mol. The molecule has 0 radical (unpaired) electrons. The molecular weight excluding hydrogens is 337 g/mol. The second-order valence-electron chi connectivity index (χ2n) is 6.28. The van der Waals surface area contributed by atoms with Crippen LogP contribution >= 0.6 is 0 Å². The Morgan fingerprint density at radius 1 is 1.28 bits per heavy atom. The van der Waals surface area contributed by atoms with Crippen LogP contribution in [0, 0.1) is 5.92 Å². The fourth-order valence-corrected chi connectivity index (χ4v) is 3.01. The molecule has 0 aromatic heterocycles.